The van der Waals surface area contributed by atoms with Crippen LogP contribution >= 0.6 is 11.6 Å². The number of carbonyl (C=O) groups is 1. The summed E-state index contributed by atoms with van der Waals surface area (Å²) in [7, 11) is 0. The van der Waals surface area contributed by atoms with Crippen LogP contribution in [0.25, 0.3) is 0 Å². The Hall–Kier alpha value is -2.15. The molecule has 1 amide bonds. The van der Waals surface area contributed by atoms with Gasteiger partial charge in [0.1, 0.15) is 5.82 Å². The second-order valence-corrected chi connectivity index (χ2v) is 5.31. The van der Waals surface area contributed by atoms with Crippen LogP contribution in [0.15, 0.2) is 42.5 Å². The van der Waals surface area contributed by atoms with Crippen LogP contribution in [0.3, 0.4) is 0 Å². The van der Waals surface area contributed by atoms with Gasteiger partial charge in [0.05, 0.1) is 18.3 Å². The van der Waals surface area contributed by atoms with Crippen LogP contribution in [0.1, 0.15) is 10.4 Å². The summed E-state index contributed by atoms with van der Waals surface area (Å²) in [5.74, 6) is -0.933. The smallest absolute Gasteiger partial charge is 0.257 e. The van der Waals surface area contributed by atoms with Crippen LogP contribution < -0.4 is 10.6 Å². The highest BCUT2D eigenvalue weighted by atomic mass is 35.5. The number of anilines is 2. The average molecular weight is 339 g/mol. The number of benzene rings is 2. The molecule has 2 aromatic rings. The van der Waals surface area contributed by atoms with Crippen molar-refractivity contribution in [3.05, 3.63) is 58.9 Å². The molecule has 0 spiro atoms. The molecule has 0 fully saturated rings. The van der Waals surface area contributed by atoms with Crippen LogP contribution in [0, 0.1) is 5.82 Å². The summed E-state index contributed by atoms with van der Waals surface area (Å²) in [4.78, 5) is 12.4. The predicted octanol–water partition coefficient (Wildman–Crippen LogP) is 2.50. The Morgan fingerprint density at radius 2 is 2.04 bits per heavy atom. The number of nitrogens with one attached hydrogen (secondary N) is 2. The molecule has 1 atom stereocenters. The molecule has 0 aliphatic rings. The summed E-state index contributed by atoms with van der Waals surface area (Å²) >= 11 is 5.92. The molecule has 2 rings (SSSR count). The molecule has 1 unspecified atom stereocenters. The number of aliphatic hydroxyl groups is 2. The summed E-state index contributed by atoms with van der Waals surface area (Å²) in [6.07, 6.45) is -0.954. The quantitative estimate of drug-likeness (QED) is 0.652. The minimum atomic E-state index is -0.954. The van der Waals surface area contributed by atoms with Gasteiger partial charge in [-0.1, -0.05) is 17.7 Å². The molecule has 23 heavy (non-hydrogen) atoms. The molecule has 0 saturated heterocycles. The topological polar surface area (TPSA) is 81.6 Å². The first-order valence-electron chi connectivity index (χ1n) is 6.89. The highest BCUT2D eigenvalue weighted by Gasteiger charge is 2.14. The van der Waals surface area contributed by atoms with Gasteiger partial charge >= 0.3 is 0 Å². The second-order valence-electron chi connectivity index (χ2n) is 4.87. The minimum Gasteiger partial charge on any atom is -0.394 e. The molecule has 4 N–H and O–H groups in total. The first-order valence-corrected chi connectivity index (χ1v) is 7.26. The fourth-order valence-corrected chi connectivity index (χ4v) is 2.09. The predicted molar refractivity (Wildman–Crippen MR) is 87.4 cm³/mol. The zero-order valence-electron chi connectivity index (χ0n) is 12.1. The van der Waals surface area contributed by atoms with Gasteiger partial charge in [-0.15, -0.1) is 0 Å². The third-order valence-corrected chi connectivity index (χ3v) is 3.28. The minimum absolute atomic E-state index is 0.0678. The Morgan fingerprint density at radius 3 is 2.74 bits per heavy atom. The molecule has 7 heteroatoms. The van der Waals surface area contributed by atoms with E-state index >= 15 is 0 Å². The molecule has 5 nitrogen and oxygen atoms in total. The fourth-order valence-electron chi connectivity index (χ4n) is 1.92. The first-order chi connectivity index (χ1) is 11.0. The van der Waals surface area contributed by atoms with Crippen molar-refractivity contribution in [2.45, 2.75) is 6.10 Å². The SMILES string of the molecule is O=C(Nc1cccc(F)c1)c1cc(Cl)ccc1NCC(O)CO. The number of amides is 1. The maximum absolute atomic E-state index is 13.2. The molecule has 122 valence electrons. The van der Waals surface area contributed by atoms with Crippen molar-refractivity contribution < 1.29 is 19.4 Å². The van der Waals surface area contributed by atoms with Crippen molar-refractivity contribution >= 4 is 28.9 Å². The van der Waals surface area contributed by atoms with E-state index in [0.29, 0.717) is 16.4 Å². The monoisotopic (exact) mass is 338 g/mol. The van der Waals surface area contributed by atoms with E-state index in [1.54, 1.807) is 18.2 Å². The van der Waals surface area contributed by atoms with E-state index in [0.717, 1.165) is 0 Å². The Balaban J connectivity index is 2.19. The normalized spacial score (nSPS) is 11.8. The van der Waals surface area contributed by atoms with Crippen molar-refractivity contribution in [3.63, 3.8) is 0 Å². The lowest BCUT2D eigenvalue weighted by molar-refractivity contribution is 0.102. The number of hydrogen-bond acceptors (Lipinski definition) is 4. The van der Waals surface area contributed by atoms with Gasteiger partial charge in [-0.25, -0.2) is 4.39 Å². The molecule has 2 aromatic carbocycles. The zero-order chi connectivity index (χ0) is 16.8. The van der Waals surface area contributed by atoms with Crippen LogP contribution in [0.4, 0.5) is 15.8 Å². The van der Waals surface area contributed by atoms with Gasteiger partial charge < -0.3 is 20.8 Å². The lowest BCUT2D eigenvalue weighted by Gasteiger charge is -2.14. The molecule has 0 aromatic heterocycles. The summed E-state index contributed by atoms with van der Waals surface area (Å²) in [6.45, 7) is -0.330. The van der Waals surface area contributed by atoms with Gasteiger partial charge in [-0.2, -0.15) is 0 Å². The van der Waals surface area contributed by atoms with Gasteiger partial charge in [0.25, 0.3) is 5.91 Å². The summed E-state index contributed by atoms with van der Waals surface area (Å²) in [5, 5.41) is 24.0. The van der Waals surface area contributed by atoms with E-state index in [1.807, 2.05) is 0 Å². The molecule has 0 heterocycles. The summed E-state index contributed by atoms with van der Waals surface area (Å²) < 4.78 is 13.2. The summed E-state index contributed by atoms with van der Waals surface area (Å²) in [5.41, 5.74) is 0.999. The molecular weight excluding hydrogens is 323 g/mol. The Bertz CT molecular complexity index is 697. The highest BCUT2D eigenvalue weighted by molar-refractivity contribution is 6.31. The van der Waals surface area contributed by atoms with Crippen LogP contribution in [0.2, 0.25) is 5.02 Å². The van der Waals surface area contributed by atoms with E-state index in [2.05, 4.69) is 10.6 Å². The van der Waals surface area contributed by atoms with Crippen molar-refractivity contribution in [2.75, 3.05) is 23.8 Å². The van der Waals surface area contributed by atoms with Gasteiger partial charge in [-0.3, -0.25) is 4.79 Å². The molecular formula is C16H16ClFN2O3. The zero-order valence-corrected chi connectivity index (χ0v) is 12.8. The van der Waals surface area contributed by atoms with Crippen molar-refractivity contribution in [1.29, 1.82) is 0 Å². The number of hydrogen-bond donors (Lipinski definition) is 4. The Morgan fingerprint density at radius 1 is 1.26 bits per heavy atom. The highest BCUT2D eigenvalue weighted by Crippen LogP contribution is 2.22. The van der Waals surface area contributed by atoms with Gasteiger partial charge in [0.2, 0.25) is 0 Å². The third-order valence-electron chi connectivity index (χ3n) is 3.05. The van der Waals surface area contributed by atoms with Crippen LogP contribution in [-0.2, 0) is 0 Å². The lowest BCUT2D eigenvalue weighted by Crippen LogP contribution is -2.24. The molecule has 0 bridgehead atoms. The Labute approximate surface area is 137 Å². The molecule has 0 aliphatic heterocycles. The number of rotatable bonds is 6. The largest absolute Gasteiger partial charge is 0.394 e. The van der Waals surface area contributed by atoms with E-state index in [9.17, 15) is 14.3 Å². The molecule has 0 aliphatic carbocycles. The standard InChI is InChI=1S/C16H16ClFN2O3/c17-10-4-5-15(19-8-13(22)9-21)14(6-10)16(23)20-12-3-1-2-11(18)7-12/h1-7,13,19,21-22H,8-9H2,(H,20,23). The van der Waals surface area contributed by atoms with E-state index < -0.39 is 24.4 Å². The van der Waals surface area contributed by atoms with Gasteiger partial charge in [0, 0.05) is 22.9 Å². The molecule has 0 radical (unpaired) electrons. The second kappa shape index (κ2) is 7.92. The molecule has 0 saturated carbocycles. The van der Waals surface area contributed by atoms with Crippen LogP contribution in [0.5, 0.6) is 0 Å². The number of halogens is 2. The summed E-state index contributed by atoms with van der Waals surface area (Å²) in [6, 6.07) is 10.2. The lowest BCUT2D eigenvalue weighted by atomic mass is 10.1. The van der Waals surface area contributed by atoms with Crippen molar-refractivity contribution in [2.24, 2.45) is 0 Å². The maximum atomic E-state index is 13.2. The van der Waals surface area contributed by atoms with Gasteiger partial charge in [0.15, 0.2) is 0 Å². The van der Waals surface area contributed by atoms with Crippen LogP contribution in [-0.4, -0.2) is 35.4 Å². The maximum Gasteiger partial charge on any atom is 0.257 e. The first kappa shape index (κ1) is 17.2. The number of aliphatic hydroxyl groups excluding tert-OH is 2. The van der Waals surface area contributed by atoms with Crippen molar-refractivity contribution in [1.82, 2.24) is 0 Å². The third kappa shape index (κ3) is 4.92. The number of carbonyl (C=O) groups excluding carboxylic acids is 1. The Kier molecular flexibility index (Phi) is 5.92. The fraction of sp³-hybridized carbons (Fsp3) is 0.188. The van der Waals surface area contributed by atoms with Crippen molar-refractivity contribution in [3.8, 4) is 0 Å². The van der Waals surface area contributed by atoms with Gasteiger partial charge in [-0.05, 0) is 36.4 Å². The van der Waals surface area contributed by atoms with E-state index in [-0.39, 0.29) is 12.1 Å². The van der Waals surface area contributed by atoms with E-state index in [4.69, 9.17) is 16.7 Å². The average Bonchev–Trinajstić information content (AvgIpc) is 2.53. The van der Waals surface area contributed by atoms with E-state index in [1.165, 1.54) is 24.3 Å².